The predicted molar refractivity (Wildman–Crippen MR) is 316 cm³/mol. The fraction of sp³-hybridized carbons (Fsp3) is 0.776. The first-order valence-electron chi connectivity index (χ1n) is 31.4. The number of esters is 3. The molecule has 0 aliphatic heterocycles. The van der Waals surface area contributed by atoms with Gasteiger partial charge in [-0.15, -0.1) is 0 Å². The summed E-state index contributed by atoms with van der Waals surface area (Å²) in [7, 11) is 0. The maximum atomic E-state index is 12.8. The van der Waals surface area contributed by atoms with E-state index in [0.717, 1.165) is 109 Å². The molecular formula is C67H118O6. The molecule has 0 aliphatic rings. The van der Waals surface area contributed by atoms with Crippen LogP contribution in [0.2, 0.25) is 0 Å². The first kappa shape index (κ1) is 69.8. The normalized spacial score (nSPS) is 12.5. The van der Waals surface area contributed by atoms with Gasteiger partial charge in [0, 0.05) is 19.3 Å². The van der Waals surface area contributed by atoms with Crippen molar-refractivity contribution in [1.82, 2.24) is 0 Å². The molecule has 1 atom stereocenters. The SMILES string of the molecule is CC/C=C\C/C=C\C/C=C\C/C=C\CCCCCCCCCCCCCCCCCCCCCCC(=O)OCC(COC(=O)CCCCCCCCCC)OC(=O)CCCCCCC/C=C\C/C=C\CCCC. The molecule has 73 heavy (non-hydrogen) atoms. The Labute approximate surface area is 453 Å². The summed E-state index contributed by atoms with van der Waals surface area (Å²) in [6.07, 6.45) is 79.4. The molecule has 0 heterocycles. The van der Waals surface area contributed by atoms with Crippen LogP contribution in [-0.4, -0.2) is 37.2 Å². The largest absolute Gasteiger partial charge is 0.462 e. The van der Waals surface area contributed by atoms with Crippen molar-refractivity contribution in [1.29, 1.82) is 0 Å². The van der Waals surface area contributed by atoms with Crippen LogP contribution in [-0.2, 0) is 28.6 Å². The first-order chi connectivity index (χ1) is 36.0. The number of ether oxygens (including phenoxy) is 3. The molecule has 0 aliphatic carbocycles. The van der Waals surface area contributed by atoms with Gasteiger partial charge in [0.1, 0.15) is 13.2 Å². The number of carbonyl (C=O) groups is 3. The van der Waals surface area contributed by atoms with Gasteiger partial charge in [-0.2, -0.15) is 0 Å². The fourth-order valence-corrected chi connectivity index (χ4v) is 8.98. The Morgan fingerprint density at radius 1 is 0.288 bits per heavy atom. The second-order valence-electron chi connectivity index (χ2n) is 20.9. The van der Waals surface area contributed by atoms with Crippen LogP contribution >= 0.6 is 0 Å². The van der Waals surface area contributed by atoms with Crippen LogP contribution in [0.3, 0.4) is 0 Å². The average Bonchev–Trinajstić information content (AvgIpc) is 3.39. The van der Waals surface area contributed by atoms with Gasteiger partial charge in [0.05, 0.1) is 0 Å². The summed E-state index contributed by atoms with van der Waals surface area (Å²) in [4.78, 5) is 38.0. The quantitative estimate of drug-likeness (QED) is 0.0261. The van der Waals surface area contributed by atoms with Crippen LogP contribution in [0.25, 0.3) is 0 Å². The summed E-state index contributed by atoms with van der Waals surface area (Å²) < 4.78 is 16.8. The van der Waals surface area contributed by atoms with Crippen LogP contribution in [0, 0.1) is 0 Å². The Kier molecular flexibility index (Phi) is 58.7. The molecule has 0 bridgehead atoms. The van der Waals surface area contributed by atoms with E-state index in [2.05, 4.69) is 93.7 Å². The van der Waals surface area contributed by atoms with Crippen molar-refractivity contribution >= 4 is 17.9 Å². The molecule has 6 nitrogen and oxygen atoms in total. The molecule has 0 aromatic carbocycles. The lowest BCUT2D eigenvalue weighted by Gasteiger charge is -2.18. The van der Waals surface area contributed by atoms with E-state index in [1.807, 2.05) is 0 Å². The summed E-state index contributed by atoms with van der Waals surface area (Å²) in [6, 6.07) is 0. The van der Waals surface area contributed by atoms with E-state index in [0.29, 0.717) is 19.3 Å². The second kappa shape index (κ2) is 61.4. The highest BCUT2D eigenvalue weighted by atomic mass is 16.6. The molecule has 0 aromatic heterocycles. The zero-order valence-corrected chi connectivity index (χ0v) is 48.4. The Morgan fingerprint density at radius 3 is 0.877 bits per heavy atom. The van der Waals surface area contributed by atoms with Crippen molar-refractivity contribution in [3.63, 3.8) is 0 Å². The van der Waals surface area contributed by atoms with Crippen molar-refractivity contribution in [3.8, 4) is 0 Å². The summed E-state index contributed by atoms with van der Waals surface area (Å²) in [5.74, 6) is -0.882. The third-order valence-corrected chi connectivity index (χ3v) is 13.7. The van der Waals surface area contributed by atoms with E-state index < -0.39 is 6.10 Å². The monoisotopic (exact) mass is 1020 g/mol. The maximum absolute atomic E-state index is 12.8. The number of hydrogen-bond acceptors (Lipinski definition) is 6. The van der Waals surface area contributed by atoms with Crippen molar-refractivity contribution in [2.75, 3.05) is 13.2 Å². The van der Waals surface area contributed by atoms with Crippen LogP contribution in [0.1, 0.15) is 316 Å². The number of carbonyl (C=O) groups excluding carboxylic acids is 3. The van der Waals surface area contributed by atoms with Gasteiger partial charge in [0.2, 0.25) is 0 Å². The van der Waals surface area contributed by atoms with Crippen molar-refractivity contribution in [2.24, 2.45) is 0 Å². The average molecular weight is 1020 g/mol. The highest BCUT2D eigenvalue weighted by Crippen LogP contribution is 2.17. The van der Waals surface area contributed by atoms with Gasteiger partial charge in [-0.1, -0.05) is 286 Å². The lowest BCUT2D eigenvalue weighted by Crippen LogP contribution is -2.30. The molecule has 0 N–H and O–H groups in total. The molecule has 0 aromatic rings. The Bertz CT molecular complexity index is 1360. The molecular weight excluding hydrogens is 901 g/mol. The van der Waals surface area contributed by atoms with Gasteiger partial charge in [0.15, 0.2) is 6.10 Å². The Morgan fingerprint density at radius 2 is 0.548 bits per heavy atom. The molecule has 0 radical (unpaired) electrons. The fourth-order valence-electron chi connectivity index (χ4n) is 8.98. The van der Waals surface area contributed by atoms with Gasteiger partial charge >= 0.3 is 17.9 Å². The maximum Gasteiger partial charge on any atom is 0.306 e. The lowest BCUT2D eigenvalue weighted by molar-refractivity contribution is -0.167. The number of rotatable bonds is 57. The summed E-state index contributed by atoms with van der Waals surface area (Å²) in [6.45, 7) is 6.47. The van der Waals surface area contributed by atoms with E-state index >= 15 is 0 Å². The highest BCUT2D eigenvalue weighted by molar-refractivity contribution is 5.71. The minimum atomic E-state index is -0.777. The van der Waals surface area contributed by atoms with E-state index in [-0.39, 0.29) is 31.1 Å². The number of allylic oxidation sites excluding steroid dienone is 12. The number of hydrogen-bond donors (Lipinski definition) is 0. The zero-order chi connectivity index (χ0) is 52.9. The standard InChI is InChI=1S/C67H118O6/c1-4-7-10-13-16-19-21-23-25-26-27-28-29-30-31-32-33-34-35-36-37-38-39-40-41-42-43-45-46-48-51-54-57-60-66(69)72-63-64(62-71-65(68)59-56-53-50-18-15-12-9-6-3)73-67(70)61-58-55-52-49-47-44-24-22-20-17-14-11-8-5-2/h7,10,14,16-17,19,22-25,27-28,64H,4-6,8-9,11-13,15,18,20-21,26,29-63H2,1-3H3/b10-7-,17-14-,19-16-,24-22-,25-23-,28-27-. The molecule has 0 saturated carbocycles. The molecule has 0 saturated heterocycles. The molecule has 0 rings (SSSR count). The molecule has 422 valence electrons. The molecule has 0 fully saturated rings. The lowest BCUT2D eigenvalue weighted by atomic mass is 10.0. The van der Waals surface area contributed by atoms with Crippen LogP contribution in [0.15, 0.2) is 72.9 Å². The summed E-state index contributed by atoms with van der Waals surface area (Å²) >= 11 is 0. The zero-order valence-electron chi connectivity index (χ0n) is 48.4. The van der Waals surface area contributed by atoms with Gasteiger partial charge in [0.25, 0.3) is 0 Å². The van der Waals surface area contributed by atoms with E-state index in [1.165, 1.54) is 167 Å². The summed E-state index contributed by atoms with van der Waals surface area (Å²) in [5.41, 5.74) is 0. The van der Waals surface area contributed by atoms with E-state index in [4.69, 9.17) is 14.2 Å². The van der Waals surface area contributed by atoms with Gasteiger partial charge in [-0.3, -0.25) is 14.4 Å². The molecule has 0 spiro atoms. The van der Waals surface area contributed by atoms with E-state index in [1.54, 1.807) is 0 Å². The third-order valence-electron chi connectivity index (χ3n) is 13.7. The highest BCUT2D eigenvalue weighted by Gasteiger charge is 2.19. The Hall–Kier alpha value is -3.15. The third kappa shape index (κ3) is 59.6. The van der Waals surface area contributed by atoms with Gasteiger partial charge in [-0.05, 0) is 83.5 Å². The van der Waals surface area contributed by atoms with Crippen molar-refractivity contribution < 1.29 is 28.6 Å². The van der Waals surface area contributed by atoms with Crippen LogP contribution < -0.4 is 0 Å². The minimum absolute atomic E-state index is 0.0764. The summed E-state index contributed by atoms with van der Waals surface area (Å²) in [5, 5.41) is 0. The smallest absolute Gasteiger partial charge is 0.306 e. The molecule has 0 amide bonds. The minimum Gasteiger partial charge on any atom is -0.462 e. The second-order valence-corrected chi connectivity index (χ2v) is 20.9. The topological polar surface area (TPSA) is 78.9 Å². The molecule has 1 unspecified atom stereocenters. The van der Waals surface area contributed by atoms with Gasteiger partial charge in [-0.25, -0.2) is 0 Å². The predicted octanol–water partition coefficient (Wildman–Crippen LogP) is 21.3. The van der Waals surface area contributed by atoms with Crippen LogP contribution in [0.5, 0.6) is 0 Å². The van der Waals surface area contributed by atoms with E-state index in [9.17, 15) is 14.4 Å². The molecule has 6 heteroatoms. The Balaban J connectivity index is 4.00. The van der Waals surface area contributed by atoms with Gasteiger partial charge < -0.3 is 14.2 Å². The van der Waals surface area contributed by atoms with Crippen LogP contribution in [0.4, 0.5) is 0 Å². The van der Waals surface area contributed by atoms with Crippen molar-refractivity contribution in [2.45, 2.75) is 322 Å². The first-order valence-corrected chi connectivity index (χ1v) is 31.4. The van der Waals surface area contributed by atoms with Crippen molar-refractivity contribution in [3.05, 3.63) is 72.9 Å². The number of unbranched alkanes of at least 4 members (excludes halogenated alkanes) is 34.